The van der Waals surface area contributed by atoms with Crippen molar-refractivity contribution in [3.63, 3.8) is 0 Å². The van der Waals surface area contributed by atoms with Crippen LogP contribution >= 0.6 is 0 Å². The van der Waals surface area contributed by atoms with E-state index in [9.17, 15) is 0 Å². The van der Waals surface area contributed by atoms with Gasteiger partial charge < -0.3 is 0 Å². The Hall–Kier alpha value is -1.65. The lowest BCUT2D eigenvalue weighted by Gasteiger charge is -2.14. The fourth-order valence-electron chi connectivity index (χ4n) is 1.67. The number of hydrogen-bond acceptors (Lipinski definition) is 3. The summed E-state index contributed by atoms with van der Waals surface area (Å²) in [7, 11) is 0. The SMILES string of the molecule is C=C(C)C(NN)c1cnn2ccccc12. The molecule has 1 atom stereocenters. The number of fused-ring (bicyclic) bond motifs is 1. The molecule has 4 heteroatoms. The predicted octanol–water partition coefficient (Wildman–Crippen LogP) is 1.41. The van der Waals surface area contributed by atoms with Crippen molar-refractivity contribution in [2.45, 2.75) is 13.0 Å². The third kappa shape index (κ3) is 1.65. The molecule has 2 rings (SSSR count). The Balaban J connectivity index is 2.55. The fourth-order valence-corrected chi connectivity index (χ4v) is 1.67. The maximum absolute atomic E-state index is 5.51. The molecule has 2 aromatic rings. The Morgan fingerprint density at radius 3 is 3.07 bits per heavy atom. The highest BCUT2D eigenvalue weighted by atomic mass is 15.3. The van der Waals surface area contributed by atoms with E-state index in [0.717, 1.165) is 16.7 Å². The second-order valence-corrected chi connectivity index (χ2v) is 3.58. The third-order valence-electron chi connectivity index (χ3n) is 2.43. The zero-order valence-corrected chi connectivity index (χ0v) is 8.64. The molecule has 0 saturated carbocycles. The second kappa shape index (κ2) is 3.84. The molecule has 1 unspecified atom stereocenters. The van der Waals surface area contributed by atoms with Crippen molar-refractivity contribution in [1.82, 2.24) is 15.0 Å². The molecule has 3 N–H and O–H groups in total. The van der Waals surface area contributed by atoms with Crippen LogP contribution in [0.15, 0.2) is 42.7 Å². The fraction of sp³-hybridized carbons (Fsp3) is 0.182. The van der Waals surface area contributed by atoms with Crippen molar-refractivity contribution in [1.29, 1.82) is 0 Å². The first kappa shape index (κ1) is 9.89. The van der Waals surface area contributed by atoms with Gasteiger partial charge in [-0.05, 0) is 19.1 Å². The van der Waals surface area contributed by atoms with Crippen molar-refractivity contribution < 1.29 is 0 Å². The van der Waals surface area contributed by atoms with Crippen LogP contribution < -0.4 is 11.3 Å². The Labute approximate surface area is 88.4 Å². The average Bonchev–Trinajstić information content (AvgIpc) is 2.63. The Morgan fingerprint density at radius 2 is 2.40 bits per heavy atom. The summed E-state index contributed by atoms with van der Waals surface area (Å²) in [4.78, 5) is 0. The second-order valence-electron chi connectivity index (χ2n) is 3.58. The average molecular weight is 202 g/mol. The van der Waals surface area contributed by atoms with Gasteiger partial charge in [0.2, 0.25) is 0 Å². The maximum atomic E-state index is 5.51. The summed E-state index contributed by atoms with van der Waals surface area (Å²) in [6.07, 6.45) is 3.72. The first-order chi connectivity index (χ1) is 7.24. The molecular weight excluding hydrogens is 188 g/mol. The Morgan fingerprint density at radius 1 is 1.60 bits per heavy atom. The van der Waals surface area contributed by atoms with Crippen LogP contribution in [0.5, 0.6) is 0 Å². The minimum atomic E-state index is -0.0510. The number of aromatic nitrogens is 2. The van der Waals surface area contributed by atoms with Crippen molar-refractivity contribution in [3.05, 3.63) is 48.3 Å². The minimum absolute atomic E-state index is 0.0510. The van der Waals surface area contributed by atoms with Crippen molar-refractivity contribution in [2.75, 3.05) is 0 Å². The molecule has 0 spiro atoms. The lowest BCUT2D eigenvalue weighted by molar-refractivity contribution is 0.631. The number of hydrazine groups is 1. The van der Waals surface area contributed by atoms with Crippen molar-refractivity contribution in [3.8, 4) is 0 Å². The molecular formula is C11H14N4. The molecule has 15 heavy (non-hydrogen) atoms. The van der Waals surface area contributed by atoms with E-state index in [4.69, 9.17) is 5.84 Å². The van der Waals surface area contributed by atoms with Gasteiger partial charge in [0.25, 0.3) is 0 Å². The molecule has 2 aromatic heterocycles. The lowest BCUT2D eigenvalue weighted by atomic mass is 10.0. The highest BCUT2D eigenvalue weighted by molar-refractivity contribution is 5.56. The largest absolute Gasteiger partial charge is 0.271 e. The normalized spacial score (nSPS) is 12.9. The summed E-state index contributed by atoms with van der Waals surface area (Å²) >= 11 is 0. The third-order valence-corrected chi connectivity index (χ3v) is 2.43. The van der Waals surface area contributed by atoms with E-state index in [-0.39, 0.29) is 6.04 Å². The number of nitrogens with one attached hydrogen (secondary N) is 1. The standard InChI is InChI=1S/C11H14N4/c1-8(2)11(14-12)9-7-13-15-6-4-3-5-10(9)15/h3-7,11,14H,1,12H2,2H3. The van der Waals surface area contributed by atoms with Gasteiger partial charge in [-0.3, -0.25) is 5.84 Å². The molecule has 0 aromatic carbocycles. The lowest BCUT2D eigenvalue weighted by Crippen LogP contribution is -2.28. The molecule has 0 saturated heterocycles. The smallest absolute Gasteiger partial charge is 0.0713 e. The molecule has 2 heterocycles. The van der Waals surface area contributed by atoms with E-state index >= 15 is 0 Å². The highest BCUT2D eigenvalue weighted by Crippen LogP contribution is 2.23. The van der Waals surface area contributed by atoms with Crippen LogP contribution in [0.25, 0.3) is 5.52 Å². The first-order valence-electron chi connectivity index (χ1n) is 4.78. The van der Waals surface area contributed by atoms with Crippen LogP contribution in [0.2, 0.25) is 0 Å². The zero-order valence-electron chi connectivity index (χ0n) is 8.64. The topological polar surface area (TPSA) is 55.3 Å². The van der Waals surface area contributed by atoms with Gasteiger partial charge in [0.15, 0.2) is 0 Å². The summed E-state index contributed by atoms with van der Waals surface area (Å²) in [5, 5.41) is 4.25. The van der Waals surface area contributed by atoms with Gasteiger partial charge in [0.1, 0.15) is 0 Å². The van der Waals surface area contributed by atoms with Gasteiger partial charge in [0, 0.05) is 11.8 Å². The van der Waals surface area contributed by atoms with Gasteiger partial charge in [-0.15, -0.1) is 0 Å². The van der Waals surface area contributed by atoms with E-state index < -0.39 is 0 Å². The summed E-state index contributed by atoms with van der Waals surface area (Å²) in [5.74, 6) is 5.51. The van der Waals surface area contributed by atoms with Crippen LogP contribution in [-0.2, 0) is 0 Å². The van der Waals surface area contributed by atoms with Gasteiger partial charge in [-0.2, -0.15) is 5.10 Å². The molecule has 4 nitrogen and oxygen atoms in total. The van der Waals surface area contributed by atoms with Crippen LogP contribution in [0.1, 0.15) is 18.5 Å². The molecule has 0 fully saturated rings. The molecule has 0 aliphatic carbocycles. The van der Waals surface area contributed by atoms with E-state index in [1.165, 1.54) is 0 Å². The van der Waals surface area contributed by atoms with Gasteiger partial charge in [-0.1, -0.05) is 18.2 Å². The minimum Gasteiger partial charge on any atom is -0.271 e. The monoisotopic (exact) mass is 202 g/mol. The summed E-state index contributed by atoms with van der Waals surface area (Å²) in [5.41, 5.74) is 5.80. The quantitative estimate of drug-likeness (QED) is 0.449. The van der Waals surface area contributed by atoms with Crippen LogP contribution in [0.4, 0.5) is 0 Å². The highest BCUT2D eigenvalue weighted by Gasteiger charge is 2.14. The summed E-state index contributed by atoms with van der Waals surface area (Å²) in [6, 6.07) is 5.88. The number of hydrogen-bond donors (Lipinski definition) is 2. The van der Waals surface area contributed by atoms with Crippen LogP contribution in [0.3, 0.4) is 0 Å². The van der Waals surface area contributed by atoms with Crippen LogP contribution in [0, 0.1) is 0 Å². The number of nitrogens with two attached hydrogens (primary N) is 1. The van der Waals surface area contributed by atoms with E-state index in [0.29, 0.717) is 0 Å². The Bertz CT molecular complexity index is 486. The van der Waals surface area contributed by atoms with Crippen LogP contribution in [-0.4, -0.2) is 9.61 Å². The van der Waals surface area contributed by atoms with Crippen molar-refractivity contribution >= 4 is 5.52 Å². The molecule has 0 radical (unpaired) electrons. The Kier molecular flexibility index (Phi) is 2.53. The van der Waals surface area contributed by atoms with Gasteiger partial charge in [-0.25, -0.2) is 9.94 Å². The first-order valence-corrected chi connectivity index (χ1v) is 4.78. The van der Waals surface area contributed by atoms with Crippen molar-refractivity contribution in [2.24, 2.45) is 5.84 Å². The summed E-state index contributed by atoms with van der Waals surface area (Å²) < 4.78 is 1.82. The number of nitrogens with zero attached hydrogens (tertiary/aromatic N) is 2. The van der Waals surface area contributed by atoms with Gasteiger partial charge in [0.05, 0.1) is 17.8 Å². The molecule has 78 valence electrons. The predicted molar refractivity (Wildman–Crippen MR) is 60.1 cm³/mol. The summed E-state index contributed by atoms with van der Waals surface area (Å²) in [6.45, 7) is 5.85. The molecule has 0 aliphatic rings. The maximum Gasteiger partial charge on any atom is 0.0713 e. The number of rotatable bonds is 3. The van der Waals surface area contributed by atoms with E-state index in [1.807, 2.05) is 42.0 Å². The van der Waals surface area contributed by atoms with E-state index in [2.05, 4.69) is 17.1 Å². The van der Waals surface area contributed by atoms with E-state index in [1.54, 1.807) is 0 Å². The molecule has 0 aliphatic heterocycles. The van der Waals surface area contributed by atoms with Gasteiger partial charge >= 0.3 is 0 Å². The number of pyridine rings is 1. The zero-order chi connectivity index (χ0) is 10.8. The molecule has 0 bridgehead atoms. The molecule has 0 amide bonds.